The highest BCUT2D eigenvalue weighted by molar-refractivity contribution is 8.00. The first kappa shape index (κ1) is 19.5. The molecule has 7 nitrogen and oxygen atoms in total. The lowest BCUT2D eigenvalue weighted by Gasteiger charge is -2.23. The molecule has 3 rings (SSSR count). The summed E-state index contributed by atoms with van der Waals surface area (Å²) in [7, 11) is 0. The zero-order valence-electron chi connectivity index (χ0n) is 15.1. The molecule has 3 aromatic rings. The molecule has 8 heteroatoms. The monoisotopic (exact) mass is 393 g/mol. The molecule has 28 heavy (non-hydrogen) atoms. The average molecular weight is 393 g/mol. The van der Waals surface area contributed by atoms with Crippen molar-refractivity contribution in [2.75, 3.05) is 22.5 Å². The molecule has 1 amide bonds. The Labute approximate surface area is 167 Å². The van der Waals surface area contributed by atoms with Crippen molar-refractivity contribution in [3.63, 3.8) is 0 Å². The number of carbonyl (C=O) groups is 1. The molecule has 0 unspecified atom stereocenters. The molecule has 0 radical (unpaired) electrons. The highest BCUT2D eigenvalue weighted by Gasteiger charge is 2.16. The second kappa shape index (κ2) is 10.1. The molecule has 0 saturated heterocycles. The number of hydrogen-bond acceptors (Lipinski definition) is 7. The van der Waals surface area contributed by atoms with E-state index < -0.39 is 0 Å². The van der Waals surface area contributed by atoms with Gasteiger partial charge < -0.3 is 14.6 Å². The van der Waals surface area contributed by atoms with E-state index in [1.165, 1.54) is 18.1 Å². The standard InChI is InChI=1S/C20H19N5O2S/c21-9-5-10-25(13-16-6-4-11-27-16)20-18(12-22-15-23-20)24-19(26)14-28-17-7-2-1-3-8-17/h1-4,6-8,11-12,15H,5,10,13-14H2,(H,24,26). The van der Waals surface area contributed by atoms with Crippen molar-refractivity contribution in [1.29, 1.82) is 5.26 Å². The number of rotatable bonds is 9. The van der Waals surface area contributed by atoms with E-state index in [0.29, 0.717) is 31.0 Å². The maximum atomic E-state index is 12.4. The lowest BCUT2D eigenvalue weighted by atomic mass is 10.3. The second-order valence-electron chi connectivity index (χ2n) is 5.82. The molecule has 0 fully saturated rings. The molecule has 0 aliphatic heterocycles. The first-order valence-corrected chi connectivity index (χ1v) is 9.67. The fourth-order valence-corrected chi connectivity index (χ4v) is 3.27. The van der Waals surface area contributed by atoms with Gasteiger partial charge in [0, 0.05) is 11.4 Å². The first-order chi connectivity index (χ1) is 13.8. The number of nitrogens with zero attached hydrogens (tertiary/aromatic N) is 4. The number of benzene rings is 1. The van der Waals surface area contributed by atoms with Crippen LogP contribution in [0.15, 0.2) is 70.6 Å². The summed E-state index contributed by atoms with van der Waals surface area (Å²) in [5, 5.41) is 11.9. The molecular formula is C20H19N5O2S. The Kier molecular flexibility index (Phi) is 7.04. The van der Waals surface area contributed by atoms with Crippen LogP contribution in [0, 0.1) is 11.3 Å². The van der Waals surface area contributed by atoms with Crippen LogP contribution >= 0.6 is 11.8 Å². The number of thioether (sulfide) groups is 1. The SMILES string of the molecule is N#CCCN(Cc1ccco1)c1ncncc1NC(=O)CSc1ccccc1. The molecule has 2 aromatic heterocycles. The van der Waals surface area contributed by atoms with Crippen LogP contribution < -0.4 is 10.2 Å². The van der Waals surface area contributed by atoms with Crippen LogP contribution in [-0.2, 0) is 11.3 Å². The zero-order valence-corrected chi connectivity index (χ0v) is 15.9. The van der Waals surface area contributed by atoms with E-state index in [1.54, 1.807) is 18.5 Å². The normalized spacial score (nSPS) is 10.2. The molecule has 0 aliphatic rings. The molecule has 0 aliphatic carbocycles. The van der Waals surface area contributed by atoms with Crippen molar-refractivity contribution in [2.45, 2.75) is 17.9 Å². The van der Waals surface area contributed by atoms with E-state index in [0.717, 1.165) is 10.7 Å². The van der Waals surface area contributed by atoms with Crippen molar-refractivity contribution in [1.82, 2.24) is 9.97 Å². The number of anilines is 2. The van der Waals surface area contributed by atoms with Gasteiger partial charge in [-0.2, -0.15) is 5.26 Å². The van der Waals surface area contributed by atoms with Crippen molar-refractivity contribution < 1.29 is 9.21 Å². The minimum Gasteiger partial charge on any atom is -0.467 e. The average Bonchev–Trinajstić information content (AvgIpc) is 3.24. The van der Waals surface area contributed by atoms with Crippen LogP contribution in [0.1, 0.15) is 12.2 Å². The van der Waals surface area contributed by atoms with Gasteiger partial charge in [-0.3, -0.25) is 4.79 Å². The number of carbonyl (C=O) groups excluding carboxylic acids is 1. The van der Waals surface area contributed by atoms with Gasteiger partial charge in [-0.05, 0) is 24.3 Å². The number of nitrogens with one attached hydrogen (secondary N) is 1. The summed E-state index contributed by atoms with van der Waals surface area (Å²) in [6.45, 7) is 0.892. The Morgan fingerprint density at radius 2 is 2.11 bits per heavy atom. The Hall–Kier alpha value is -3.31. The number of furan rings is 1. The highest BCUT2D eigenvalue weighted by Crippen LogP contribution is 2.25. The Morgan fingerprint density at radius 1 is 1.25 bits per heavy atom. The van der Waals surface area contributed by atoms with E-state index in [2.05, 4.69) is 21.4 Å². The van der Waals surface area contributed by atoms with E-state index in [1.807, 2.05) is 41.3 Å². The smallest absolute Gasteiger partial charge is 0.234 e. The minimum atomic E-state index is -0.150. The Morgan fingerprint density at radius 3 is 2.86 bits per heavy atom. The highest BCUT2D eigenvalue weighted by atomic mass is 32.2. The molecular weight excluding hydrogens is 374 g/mol. The number of hydrogen-bond donors (Lipinski definition) is 1. The molecule has 142 valence electrons. The number of amides is 1. The van der Waals surface area contributed by atoms with E-state index in [9.17, 15) is 4.79 Å². The predicted octanol–water partition coefficient (Wildman–Crippen LogP) is 3.72. The van der Waals surface area contributed by atoms with E-state index in [-0.39, 0.29) is 11.7 Å². The number of nitriles is 1. The third-order valence-corrected chi connectivity index (χ3v) is 4.81. The molecule has 0 saturated carbocycles. The van der Waals surface area contributed by atoms with Gasteiger partial charge in [0.2, 0.25) is 5.91 Å². The van der Waals surface area contributed by atoms with Crippen LogP contribution in [0.25, 0.3) is 0 Å². The fourth-order valence-electron chi connectivity index (χ4n) is 2.55. The summed E-state index contributed by atoms with van der Waals surface area (Å²) >= 11 is 1.46. The Balaban J connectivity index is 1.70. The van der Waals surface area contributed by atoms with Gasteiger partial charge in [0.1, 0.15) is 17.8 Å². The quantitative estimate of drug-likeness (QED) is 0.554. The molecule has 2 heterocycles. The van der Waals surface area contributed by atoms with Crippen molar-refractivity contribution in [2.24, 2.45) is 0 Å². The summed E-state index contributed by atoms with van der Waals surface area (Å²) in [5.41, 5.74) is 0.505. The van der Waals surface area contributed by atoms with E-state index in [4.69, 9.17) is 9.68 Å². The van der Waals surface area contributed by atoms with Crippen LogP contribution in [0.2, 0.25) is 0 Å². The summed E-state index contributed by atoms with van der Waals surface area (Å²) < 4.78 is 5.42. The molecule has 1 N–H and O–H groups in total. The van der Waals surface area contributed by atoms with Gasteiger partial charge in [0.25, 0.3) is 0 Å². The van der Waals surface area contributed by atoms with Crippen LogP contribution in [0.3, 0.4) is 0 Å². The molecule has 0 bridgehead atoms. The molecule has 0 spiro atoms. The van der Waals surface area contributed by atoms with Gasteiger partial charge in [0.15, 0.2) is 5.82 Å². The topological polar surface area (TPSA) is 95.1 Å². The minimum absolute atomic E-state index is 0.150. The van der Waals surface area contributed by atoms with Crippen LogP contribution in [-0.4, -0.2) is 28.2 Å². The second-order valence-corrected chi connectivity index (χ2v) is 6.87. The summed E-state index contributed by atoms with van der Waals surface area (Å²) in [6, 6.07) is 15.5. The third-order valence-electron chi connectivity index (χ3n) is 3.80. The van der Waals surface area contributed by atoms with Crippen LogP contribution in [0.5, 0.6) is 0 Å². The van der Waals surface area contributed by atoms with Crippen molar-refractivity contribution in [3.05, 3.63) is 67.0 Å². The van der Waals surface area contributed by atoms with Gasteiger partial charge in [-0.15, -0.1) is 11.8 Å². The zero-order chi connectivity index (χ0) is 19.6. The summed E-state index contributed by atoms with van der Waals surface area (Å²) in [4.78, 5) is 23.7. The third kappa shape index (κ3) is 5.59. The van der Waals surface area contributed by atoms with Crippen molar-refractivity contribution in [3.8, 4) is 6.07 Å². The first-order valence-electron chi connectivity index (χ1n) is 8.68. The lowest BCUT2D eigenvalue weighted by Crippen LogP contribution is -2.27. The lowest BCUT2D eigenvalue weighted by molar-refractivity contribution is -0.113. The molecule has 0 atom stereocenters. The maximum absolute atomic E-state index is 12.4. The number of aromatic nitrogens is 2. The van der Waals surface area contributed by atoms with Crippen LogP contribution in [0.4, 0.5) is 11.5 Å². The van der Waals surface area contributed by atoms with Gasteiger partial charge in [-0.25, -0.2) is 9.97 Å². The predicted molar refractivity (Wildman–Crippen MR) is 108 cm³/mol. The van der Waals surface area contributed by atoms with Gasteiger partial charge >= 0.3 is 0 Å². The largest absolute Gasteiger partial charge is 0.467 e. The summed E-state index contributed by atoms with van der Waals surface area (Å²) in [5.74, 6) is 1.42. The van der Waals surface area contributed by atoms with Crippen molar-refractivity contribution >= 4 is 29.2 Å². The maximum Gasteiger partial charge on any atom is 0.234 e. The Bertz CT molecular complexity index is 925. The van der Waals surface area contributed by atoms with Gasteiger partial charge in [-0.1, -0.05) is 18.2 Å². The van der Waals surface area contributed by atoms with E-state index >= 15 is 0 Å². The summed E-state index contributed by atoms with van der Waals surface area (Å²) in [6.07, 6.45) is 4.91. The fraction of sp³-hybridized carbons (Fsp3) is 0.200. The molecule has 1 aromatic carbocycles. The van der Waals surface area contributed by atoms with Gasteiger partial charge in [0.05, 0.1) is 37.2 Å².